The first-order valence-corrected chi connectivity index (χ1v) is 7.35. The molecule has 0 spiro atoms. The fourth-order valence-electron chi connectivity index (χ4n) is 2.14. The van der Waals surface area contributed by atoms with Crippen molar-refractivity contribution >= 4 is 6.29 Å². The van der Waals surface area contributed by atoms with E-state index < -0.39 is 0 Å². The lowest BCUT2D eigenvalue weighted by atomic mass is 10.1. The van der Waals surface area contributed by atoms with Gasteiger partial charge in [0.1, 0.15) is 6.29 Å². The highest BCUT2D eigenvalue weighted by Gasteiger charge is 2.11. The number of ether oxygens (including phenoxy) is 2. The van der Waals surface area contributed by atoms with Crippen LogP contribution in [0.2, 0.25) is 0 Å². The molecule has 0 saturated carbocycles. The second-order valence-electron chi connectivity index (χ2n) is 5.18. The quantitative estimate of drug-likeness (QED) is 0.647. The van der Waals surface area contributed by atoms with Gasteiger partial charge in [-0.3, -0.25) is 4.79 Å². The Hall–Kier alpha value is -3.15. The van der Waals surface area contributed by atoms with Crippen LogP contribution in [0.15, 0.2) is 46.9 Å². The fraction of sp³-hybridized carbons (Fsp3) is 0.167. The van der Waals surface area contributed by atoms with Gasteiger partial charge < -0.3 is 13.9 Å². The molecule has 0 fully saturated rings. The van der Waals surface area contributed by atoms with Crippen molar-refractivity contribution in [3.8, 4) is 23.0 Å². The molecule has 0 unspecified atom stereocenters. The molecule has 0 aliphatic heterocycles. The predicted octanol–water partition coefficient (Wildman–Crippen LogP) is 3.45. The Balaban J connectivity index is 1.71. The molecule has 0 atom stereocenters. The zero-order chi connectivity index (χ0) is 16.9. The second-order valence-corrected chi connectivity index (χ2v) is 5.18. The van der Waals surface area contributed by atoms with E-state index in [1.54, 1.807) is 18.2 Å². The number of nitrogens with zero attached hydrogens (tertiary/aromatic N) is 2. The fourth-order valence-corrected chi connectivity index (χ4v) is 2.14. The molecule has 2 aromatic carbocycles. The predicted molar refractivity (Wildman–Crippen MR) is 87.2 cm³/mol. The van der Waals surface area contributed by atoms with E-state index >= 15 is 0 Å². The lowest BCUT2D eigenvalue weighted by Gasteiger charge is -2.09. The number of aldehydes is 1. The van der Waals surface area contributed by atoms with Crippen molar-refractivity contribution in [2.45, 2.75) is 13.5 Å². The molecule has 6 heteroatoms. The van der Waals surface area contributed by atoms with Gasteiger partial charge in [0.25, 0.3) is 5.89 Å². The molecule has 0 aliphatic carbocycles. The highest BCUT2D eigenvalue weighted by atomic mass is 16.5. The van der Waals surface area contributed by atoms with Gasteiger partial charge in [-0.15, -0.1) is 10.2 Å². The Morgan fingerprint density at radius 1 is 1.08 bits per heavy atom. The number of aryl methyl sites for hydroxylation is 1. The second kappa shape index (κ2) is 6.95. The lowest BCUT2D eigenvalue weighted by Crippen LogP contribution is -1.98. The summed E-state index contributed by atoms with van der Waals surface area (Å²) in [6, 6.07) is 12.7. The van der Waals surface area contributed by atoms with Crippen molar-refractivity contribution in [1.29, 1.82) is 0 Å². The molecule has 122 valence electrons. The van der Waals surface area contributed by atoms with Gasteiger partial charge in [0.05, 0.1) is 7.11 Å². The van der Waals surface area contributed by atoms with Crippen molar-refractivity contribution in [3.05, 3.63) is 59.5 Å². The molecule has 0 saturated heterocycles. The summed E-state index contributed by atoms with van der Waals surface area (Å²) in [5, 5.41) is 8.00. The van der Waals surface area contributed by atoms with Crippen LogP contribution < -0.4 is 9.47 Å². The third-order valence-corrected chi connectivity index (χ3v) is 3.44. The third kappa shape index (κ3) is 3.43. The van der Waals surface area contributed by atoms with Gasteiger partial charge in [0, 0.05) is 11.1 Å². The first-order valence-electron chi connectivity index (χ1n) is 7.35. The first kappa shape index (κ1) is 15.7. The number of rotatable bonds is 6. The Morgan fingerprint density at radius 3 is 2.58 bits per heavy atom. The lowest BCUT2D eigenvalue weighted by molar-refractivity contribution is 0.112. The highest BCUT2D eigenvalue weighted by molar-refractivity contribution is 5.76. The van der Waals surface area contributed by atoms with Crippen molar-refractivity contribution in [3.63, 3.8) is 0 Å². The number of benzene rings is 2. The summed E-state index contributed by atoms with van der Waals surface area (Å²) in [4.78, 5) is 10.8. The van der Waals surface area contributed by atoms with Gasteiger partial charge in [-0.05, 0) is 37.3 Å². The summed E-state index contributed by atoms with van der Waals surface area (Å²) in [5.74, 6) is 1.76. The van der Waals surface area contributed by atoms with Crippen molar-refractivity contribution in [1.82, 2.24) is 10.2 Å². The average molecular weight is 324 g/mol. The van der Waals surface area contributed by atoms with Gasteiger partial charge >= 0.3 is 0 Å². The number of aromatic nitrogens is 2. The minimum Gasteiger partial charge on any atom is -0.493 e. The van der Waals surface area contributed by atoms with E-state index in [2.05, 4.69) is 10.2 Å². The van der Waals surface area contributed by atoms with E-state index in [9.17, 15) is 4.79 Å². The minimum atomic E-state index is 0.107. The Bertz CT molecular complexity index is 840. The Labute approximate surface area is 139 Å². The van der Waals surface area contributed by atoms with Crippen LogP contribution in [0.4, 0.5) is 0 Å². The number of hydrogen-bond acceptors (Lipinski definition) is 6. The van der Waals surface area contributed by atoms with Crippen molar-refractivity contribution in [2.24, 2.45) is 0 Å². The van der Waals surface area contributed by atoms with Crippen LogP contribution in [0.5, 0.6) is 11.5 Å². The van der Waals surface area contributed by atoms with E-state index in [1.807, 2.05) is 31.2 Å². The summed E-state index contributed by atoms with van der Waals surface area (Å²) >= 11 is 0. The summed E-state index contributed by atoms with van der Waals surface area (Å²) in [6.45, 7) is 2.12. The van der Waals surface area contributed by atoms with Gasteiger partial charge in [-0.1, -0.05) is 17.7 Å². The summed E-state index contributed by atoms with van der Waals surface area (Å²) in [7, 11) is 1.51. The van der Waals surface area contributed by atoms with Crippen molar-refractivity contribution in [2.75, 3.05) is 7.11 Å². The number of hydrogen-bond donors (Lipinski definition) is 0. The molecule has 0 amide bonds. The first-order chi connectivity index (χ1) is 11.7. The zero-order valence-electron chi connectivity index (χ0n) is 13.4. The maximum absolute atomic E-state index is 10.8. The molecular weight excluding hydrogens is 308 g/mol. The molecule has 0 bridgehead atoms. The average Bonchev–Trinajstić information content (AvgIpc) is 3.09. The topological polar surface area (TPSA) is 74.5 Å². The molecule has 3 rings (SSSR count). The van der Waals surface area contributed by atoms with Gasteiger partial charge in [0.2, 0.25) is 5.89 Å². The molecule has 0 radical (unpaired) electrons. The molecular formula is C18H16N2O4. The van der Waals surface area contributed by atoms with Crippen LogP contribution >= 0.6 is 0 Å². The van der Waals surface area contributed by atoms with Crippen LogP contribution in [0.3, 0.4) is 0 Å². The van der Waals surface area contributed by atoms with E-state index in [0.29, 0.717) is 28.8 Å². The Kier molecular flexibility index (Phi) is 4.56. The van der Waals surface area contributed by atoms with Crippen LogP contribution in [-0.2, 0) is 6.61 Å². The standard InChI is InChI=1S/C18H16N2O4/c1-12-3-6-14(7-4-12)18-20-19-17(24-18)11-23-15-8-5-13(10-21)9-16(15)22-2/h3-10H,11H2,1-2H3. The number of methoxy groups -OCH3 is 1. The van der Waals surface area contributed by atoms with Crippen molar-refractivity contribution < 1.29 is 18.7 Å². The largest absolute Gasteiger partial charge is 0.493 e. The van der Waals surface area contributed by atoms with Crippen LogP contribution in [0.1, 0.15) is 21.8 Å². The maximum Gasteiger partial charge on any atom is 0.254 e. The molecule has 1 heterocycles. The molecule has 24 heavy (non-hydrogen) atoms. The zero-order valence-corrected chi connectivity index (χ0v) is 13.4. The SMILES string of the molecule is COc1cc(C=O)ccc1OCc1nnc(-c2ccc(C)cc2)o1. The summed E-state index contributed by atoms with van der Waals surface area (Å²) < 4.78 is 16.5. The smallest absolute Gasteiger partial charge is 0.254 e. The third-order valence-electron chi connectivity index (χ3n) is 3.44. The number of carbonyl (C=O) groups excluding carboxylic acids is 1. The van der Waals surface area contributed by atoms with Crippen LogP contribution in [0.25, 0.3) is 11.5 Å². The number of carbonyl (C=O) groups is 1. The van der Waals surface area contributed by atoms with E-state index in [1.165, 1.54) is 7.11 Å². The summed E-state index contributed by atoms with van der Waals surface area (Å²) in [5.41, 5.74) is 2.53. The van der Waals surface area contributed by atoms with E-state index in [-0.39, 0.29) is 6.61 Å². The van der Waals surface area contributed by atoms with Gasteiger partial charge in [-0.25, -0.2) is 0 Å². The molecule has 1 aromatic heterocycles. The van der Waals surface area contributed by atoms with Crippen LogP contribution in [0, 0.1) is 6.92 Å². The van der Waals surface area contributed by atoms with Crippen LogP contribution in [-0.4, -0.2) is 23.6 Å². The summed E-state index contributed by atoms with van der Waals surface area (Å²) in [6.07, 6.45) is 0.748. The maximum atomic E-state index is 10.8. The normalized spacial score (nSPS) is 10.4. The molecule has 0 aliphatic rings. The minimum absolute atomic E-state index is 0.107. The molecule has 0 N–H and O–H groups in total. The van der Waals surface area contributed by atoms with E-state index in [0.717, 1.165) is 17.4 Å². The molecule has 6 nitrogen and oxygen atoms in total. The Morgan fingerprint density at radius 2 is 1.88 bits per heavy atom. The van der Waals surface area contributed by atoms with E-state index in [4.69, 9.17) is 13.9 Å². The highest BCUT2D eigenvalue weighted by Crippen LogP contribution is 2.28. The van der Waals surface area contributed by atoms with Gasteiger partial charge in [0.15, 0.2) is 18.1 Å². The monoisotopic (exact) mass is 324 g/mol. The van der Waals surface area contributed by atoms with Gasteiger partial charge in [-0.2, -0.15) is 0 Å². The molecule has 3 aromatic rings.